The Morgan fingerprint density at radius 2 is 1.52 bits per heavy atom. The van der Waals surface area contributed by atoms with Crippen LogP contribution in [0.15, 0.2) is 12.1 Å². The van der Waals surface area contributed by atoms with Crippen molar-refractivity contribution < 1.29 is 23.7 Å². The van der Waals surface area contributed by atoms with Gasteiger partial charge < -0.3 is 18.9 Å². The van der Waals surface area contributed by atoms with Crippen LogP contribution in [0, 0.1) is 0 Å². The van der Waals surface area contributed by atoms with Crippen molar-refractivity contribution in [1.82, 2.24) is 0 Å². The van der Waals surface area contributed by atoms with E-state index in [0.29, 0.717) is 22.8 Å². The molecule has 0 aromatic heterocycles. The van der Waals surface area contributed by atoms with E-state index in [1.54, 1.807) is 12.1 Å². The van der Waals surface area contributed by atoms with Crippen LogP contribution in [0.1, 0.15) is 42.5 Å². The van der Waals surface area contributed by atoms with Crippen LogP contribution in [-0.2, 0) is 4.74 Å². The highest BCUT2D eigenvalue weighted by molar-refractivity contribution is 5.91. The second-order valence-electron chi connectivity index (χ2n) is 5.08. The smallest absolute Gasteiger partial charge is 0.338 e. The maximum Gasteiger partial charge on any atom is 0.338 e. The number of esters is 1. The summed E-state index contributed by atoms with van der Waals surface area (Å²) in [6.45, 7) is 0. The lowest BCUT2D eigenvalue weighted by Gasteiger charge is -2.22. The molecule has 1 aromatic carbocycles. The number of benzene rings is 1. The van der Waals surface area contributed by atoms with Crippen molar-refractivity contribution >= 4 is 5.97 Å². The summed E-state index contributed by atoms with van der Waals surface area (Å²) < 4.78 is 21.3. The molecule has 5 nitrogen and oxygen atoms in total. The summed E-state index contributed by atoms with van der Waals surface area (Å²) in [7, 11) is 4.57. The van der Waals surface area contributed by atoms with Crippen molar-refractivity contribution in [3.63, 3.8) is 0 Å². The van der Waals surface area contributed by atoms with E-state index in [-0.39, 0.29) is 12.1 Å². The van der Waals surface area contributed by atoms with Crippen molar-refractivity contribution in [2.24, 2.45) is 0 Å². The van der Waals surface area contributed by atoms with Crippen molar-refractivity contribution in [2.45, 2.75) is 38.2 Å². The highest BCUT2D eigenvalue weighted by Gasteiger charge is 2.22. The molecule has 0 saturated heterocycles. The molecule has 0 spiro atoms. The molecule has 0 amide bonds. The zero-order valence-corrected chi connectivity index (χ0v) is 12.8. The third-order valence-electron chi connectivity index (χ3n) is 3.73. The third-order valence-corrected chi connectivity index (χ3v) is 3.73. The first-order chi connectivity index (χ1) is 10.2. The second kappa shape index (κ2) is 7.20. The van der Waals surface area contributed by atoms with Crippen molar-refractivity contribution in [3.8, 4) is 17.2 Å². The molecule has 0 radical (unpaired) electrons. The highest BCUT2D eigenvalue weighted by atomic mass is 16.5. The van der Waals surface area contributed by atoms with E-state index in [2.05, 4.69) is 0 Å². The molecule has 5 heteroatoms. The fourth-order valence-corrected chi connectivity index (χ4v) is 2.60. The molecule has 0 atom stereocenters. The lowest BCUT2D eigenvalue weighted by atomic mass is 9.98. The SMILES string of the molecule is COc1cc(C(=O)OC2CCCCC2)cc(OC)c1OC. The predicted octanol–water partition coefficient (Wildman–Crippen LogP) is 3.20. The Morgan fingerprint density at radius 1 is 0.952 bits per heavy atom. The van der Waals surface area contributed by atoms with E-state index < -0.39 is 0 Å². The van der Waals surface area contributed by atoms with Gasteiger partial charge in [-0.3, -0.25) is 0 Å². The predicted molar refractivity (Wildman–Crippen MR) is 78.4 cm³/mol. The molecule has 21 heavy (non-hydrogen) atoms. The summed E-state index contributed by atoms with van der Waals surface area (Å²) in [5.41, 5.74) is 0.412. The summed E-state index contributed by atoms with van der Waals surface area (Å²) >= 11 is 0. The van der Waals surface area contributed by atoms with E-state index in [1.165, 1.54) is 27.8 Å². The molecule has 0 bridgehead atoms. The number of carbonyl (C=O) groups is 1. The van der Waals surface area contributed by atoms with Crippen LogP contribution >= 0.6 is 0 Å². The maximum absolute atomic E-state index is 12.3. The zero-order chi connectivity index (χ0) is 15.2. The van der Waals surface area contributed by atoms with Crippen molar-refractivity contribution in [1.29, 1.82) is 0 Å². The molecule has 0 N–H and O–H groups in total. The fraction of sp³-hybridized carbons (Fsp3) is 0.562. The first-order valence-electron chi connectivity index (χ1n) is 7.20. The Labute approximate surface area is 125 Å². The average Bonchev–Trinajstić information content (AvgIpc) is 2.54. The molecular formula is C16H22O5. The average molecular weight is 294 g/mol. The Bertz CT molecular complexity index is 466. The Balaban J connectivity index is 2.19. The molecule has 0 aliphatic heterocycles. The van der Waals surface area contributed by atoms with Crippen LogP contribution in [0.4, 0.5) is 0 Å². The Kier molecular flexibility index (Phi) is 5.31. The van der Waals surface area contributed by atoms with Gasteiger partial charge >= 0.3 is 5.97 Å². The topological polar surface area (TPSA) is 54.0 Å². The van der Waals surface area contributed by atoms with Crippen LogP contribution < -0.4 is 14.2 Å². The number of hydrogen-bond donors (Lipinski definition) is 0. The molecule has 0 unspecified atom stereocenters. The Hall–Kier alpha value is -1.91. The lowest BCUT2D eigenvalue weighted by molar-refractivity contribution is 0.0210. The van der Waals surface area contributed by atoms with E-state index in [0.717, 1.165) is 25.7 Å². The van der Waals surface area contributed by atoms with Gasteiger partial charge in [0.2, 0.25) is 5.75 Å². The van der Waals surface area contributed by atoms with Crippen molar-refractivity contribution in [2.75, 3.05) is 21.3 Å². The van der Waals surface area contributed by atoms with Crippen LogP contribution in [-0.4, -0.2) is 33.4 Å². The van der Waals surface area contributed by atoms with Gasteiger partial charge in [0.25, 0.3) is 0 Å². The van der Waals surface area contributed by atoms with Gasteiger partial charge in [-0.05, 0) is 37.8 Å². The fourth-order valence-electron chi connectivity index (χ4n) is 2.60. The normalized spacial score (nSPS) is 15.4. The molecule has 0 heterocycles. The molecule has 1 fully saturated rings. The lowest BCUT2D eigenvalue weighted by Crippen LogP contribution is -2.21. The van der Waals surface area contributed by atoms with Crippen LogP contribution in [0.2, 0.25) is 0 Å². The van der Waals surface area contributed by atoms with Gasteiger partial charge in [0.15, 0.2) is 11.5 Å². The van der Waals surface area contributed by atoms with Gasteiger partial charge in [-0.2, -0.15) is 0 Å². The highest BCUT2D eigenvalue weighted by Crippen LogP contribution is 2.38. The molecule has 1 aliphatic rings. The molecule has 116 valence electrons. The van der Waals surface area contributed by atoms with E-state index >= 15 is 0 Å². The van der Waals surface area contributed by atoms with Crippen LogP contribution in [0.3, 0.4) is 0 Å². The van der Waals surface area contributed by atoms with E-state index in [9.17, 15) is 4.79 Å². The van der Waals surface area contributed by atoms with Crippen LogP contribution in [0.5, 0.6) is 17.2 Å². The zero-order valence-electron chi connectivity index (χ0n) is 12.8. The minimum Gasteiger partial charge on any atom is -0.493 e. The standard InChI is InChI=1S/C16H22O5/c1-18-13-9-11(10-14(19-2)15(13)20-3)16(17)21-12-7-5-4-6-8-12/h9-10,12H,4-8H2,1-3H3. The molecular weight excluding hydrogens is 272 g/mol. The monoisotopic (exact) mass is 294 g/mol. The first-order valence-corrected chi connectivity index (χ1v) is 7.20. The quantitative estimate of drug-likeness (QED) is 0.781. The largest absolute Gasteiger partial charge is 0.493 e. The summed E-state index contributed by atoms with van der Waals surface area (Å²) in [5, 5.41) is 0. The molecule has 1 saturated carbocycles. The first kappa shape index (κ1) is 15.5. The van der Waals surface area contributed by atoms with E-state index in [1.807, 2.05) is 0 Å². The van der Waals surface area contributed by atoms with Gasteiger partial charge in [0.1, 0.15) is 6.10 Å². The molecule has 2 rings (SSSR count). The number of carbonyl (C=O) groups excluding carboxylic acids is 1. The van der Waals surface area contributed by atoms with Crippen LogP contribution in [0.25, 0.3) is 0 Å². The summed E-state index contributed by atoms with van der Waals surface area (Å²) in [6, 6.07) is 3.24. The number of hydrogen-bond acceptors (Lipinski definition) is 5. The number of ether oxygens (including phenoxy) is 4. The Morgan fingerprint density at radius 3 is 2.00 bits per heavy atom. The van der Waals surface area contributed by atoms with Gasteiger partial charge in [0, 0.05) is 0 Å². The van der Waals surface area contributed by atoms with E-state index in [4.69, 9.17) is 18.9 Å². The number of rotatable bonds is 5. The molecule has 1 aliphatic carbocycles. The van der Waals surface area contributed by atoms with Gasteiger partial charge in [-0.15, -0.1) is 0 Å². The number of methoxy groups -OCH3 is 3. The summed E-state index contributed by atoms with van der Waals surface area (Å²) in [4.78, 5) is 12.3. The van der Waals surface area contributed by atoms with Gasteiger partial charge in [-0.1, -0.05) is 6.42 Å². The maximum atomic E-state index is 12.3. The third kappa shape index (κ3) is 3.60. The summed E-state index contributed by atoms with van der Waals surface area (Å²) in [6.07, 6.45) is 5.36. The molecule has 1 aromatic rings. The minimum absolute atomic E-state index is 0.0188. The van der Waals surface area contributed by atoms with Crippen molar-refractivity contribution in [3.05, 3.63) is 17.7 Å². The second-order valence-corrected chi connectivity index (χ2v) is 5.08. The van der Waals surface area contributed by atoms with Gasteiger partial charge in [-0.25, -0.2) is 4.79 Å². The summed E-state index contributed by atoms with van der Waals surface area (Å²) in [5.74, 6) is 1.02. The minimum atomic E-state index is -0.346. The van der Waals surface area contributed by atoms with Gasteiger partial charge in [0.05, 0.1) is 26.9 Å².